The van der Waals surface area contributed by atoms with Gasteiger partial charge in [-0.3, -0.25) is 4.79 Å². The zero-order chi connectivity index (χ0) is 19.0. The lowest BCUT2D eigenvalue weighted by Gasteiger charge is -2.21. The van der Waals surface area contributed by atoms with Crippen LogP contribution in [0.15, 0.2) is 29.3 Å². The van der Waals surface area contributed by atoms with Crippen molar-refractivity contribution in [3.05, 3.63) is 41.5 Å². The van der Waals surface area contributed by atoms with E-state index >= 15 is 0 Å². The third kappa shape index (κ3) is 3.29. The minimum Gasteiger partial charge on any atom is -0.343 e. The van der Waals surface area contributed by atoms with Crippen LogP contribution in [0.5, 0.6) is 0 Å². The quantitative estimate of drug-likeness (QED) is 0.686. The van der Waals surface area contributed by atoms with Crippen LogP contribution in [0, 0.1) is 6.92 Å². The van der Waals surface area contributed by atoms with E-state index in [0.717, 1.165) is 18.8 Å². The smallest absolute Gasteiger partial charge is 0.256 e. The molecule has 27 heavy (non-hydrogen) atoms. The molecule has 1 aromatic carbocycles. The maximum absolute atomic E-state index is 13.3. The van der Waals surface area contributed by atoms with Crippen LogP contribution >= 0.6 is 0 Å². The van der Waals surface area contributed by atoms with Crippen molar-refractivity contribution in [2.45, 2.75) is 18.2 Å². The molecule has 3 heterocycles. The van der Waals surface area contributed by atoms with Gasteiger partial charge in [0.2, 0.25) is 10.0 Å². The number of aromatic nitrogens is 2. The van der Waals surface area contributed by atoms with Crippen LogP contribution < -0.4 is 10.6 Å². The molecule has 0 bridgehead atoms. The number of anilines is 1. The van der Waals surface area contributed by atoms with Crippen LogP contribution in [0.3, 0.4) is 0 Å². The van der Waals surface area contributed by atoms with Crippen molar-refractivity contribution < 1.29 is 13.2 Å². The zero-order valence-corrected chi connectivity index (χ0v) is 15.8. The summed E-state index contributed by atoms with van der Waals surface area (Å²) in [6.45, 7) is 4.09. The molecular weight excluding hydrogens is 366 g/mol. The number of amides is 1. The van der Waals surface area contributed by atoms with Crippen LogP contribution in [0.4, 0.5) is 5.69 Å². The Labute approximate surface area is 157 Å². The second-order valence-corrected chi connectivity index (χ2v) is 8.53. The van der Waals surface area contributed by atoms with E-state index in [9.17, 15) is 13.2 Å². The molecule has 1 amide bonds. The number of hydrogen-bond acceptors (Lipinski definition) is 5. The summed E-state index contributed by atoms with van der Waals surface area (Å²) in [6.07, 6.45) is 4.01. The topological polar surface area (TPSA) is 107 Å². The van der Waals surface area contributed by atoms with Crippen molar-refractivity contribution in [2.75, 3.05) is 31.5 Å². The number of aryl methyl sites for hydroxylation is 1. The summed E-state index contributed by atoms with van der Waals surface area (Å²) in [7, 11) is -3.72. The minimum atomic E-state index is -3.72. The monoisotopic (exact) mass is 387 g/mol. The second-order valence-electron chi connectivity index (χ2n) is 6.62. The zero-order valence-electron chi connectivity index (χ0n) is 14.9. The van der Waals surface area contributed by atoms with E-state index < -0.39 is 10.0 Å². The third-order valence-electron chi connectivity index (χ3n) is 4.73. The Morgan fingerprint density at radius 2 is 2.07 bits per heavy atom. The Balaban J connectivity index is 1.82. The SMILES string of the molecule is Cc1ncc(C=C2C(=O)Nc3cccc(S(=O)(=O)N4CCCNCC4)c32)[nH]1. The summed E-state index contributed by atoms with van der Waals surface area (Å²) in [5, 5.41) is 5.97. The Morgan fingerprint density at radius 3 is 2.85 bits per heavy atom. The Bertz CT molecular complexity index is 1020. The Morgan fingerprint density at radius 1 is 1.22 bits per heavy atom. The standard InChI is InChI=1S/C18H21N5O3S/c1-12-20-11-13(21-12)10-14-17-15(22-18(14)24)4-2-5-16(17)27(25,26)23-8-3-6-19-7-9-23/h2,4-5,10-11,19H,3,6-9H2,1H3,(H,20,21)(H,22,24). The molecule has 4 rings (SSSR count). The first-order chi connectivity index (χ1) is 13.0. The Kier molecular flexibility index (Phi) is 4.58. The van der Waals surface area contributed by atoms with Gasteiger partial charge in [0, 0.05) is 25.2 Å². The molecule has 0 radical (unpaired) electrons. The molecule has 1 fully saturated rings. The van der Waals surface area contributed by atoms with Gasteiger partial charge in [0.25, 0.3) is 5.91 Å². The predicted octanol–water partition coefficient (Wildman–Crippen LogP) is 1.19. The number of aromatic amines is 1. The molecular formula is C18H21N5O3S. The molecule has 0 atom stereocenters. The van der Waals surface area contributed by atoms with Crippen molar-refractivity contribution in [3.63, 3.8) is 0 Å². The van der Waals surface area contributed by atoms with Gasteiger partial charge in [-0.05, 0) is 38.1 Å². The lowest BCUT2D eigenvalue weighted by molar-refractivity contribution is -0.110. The van der Waals surface area contributed by atoms with Crippen molar-refractivity contribution in [1.82, 2.24) is 19.6 Å². The fraction of sp³-hybridized carbons (Fsp3) is 0.333. The van der Waals surface area contributed by atoms with Gasteiger partial charge < -0.3 is 15.6 Å². The molecule has 2 aromatic rings. The number of hydrogen-bond donors (Lipinski definition) is 3. The number of rotatable bonds is 3. The van der Waals surface area contributed by atoms with Gasteiger partial charge in [-0.15, -0.1) is 0 Å². The lowest BCUT2D eigenvalue weighted by atomic mass is 10.1. The van der Waals surface area contributed by atoms with Crippen LogP contribution in [-0.2, 0) is 14.8 Å². The van der Waals surface area contributed by atoms with Gasteiger partial charge >= 0.3 is 0 Å². The third-order valence-corrected chi connectivity index (χ3v) is 6.67. The van der Waals surface area contributed by atoms with E-state index in [1.165, 1.54) is 4.31 Å². The molecule has 0 unspecified atom stereocenters. The van der Waals surface area contributed by atoms with E-state index in [1.54, 1.807) is 30.5 Å². The number of H-pyrrole nitrogens is 1. The molecule has 8 nitrogen and oxygen atoms in total. The van der Waals surface area contributed by atoms with E-state index in [0.29, 0.717) is 42.2 Å². The summed E-state index contributed by atoms with van der Waals surface area (Å²) < 4.78 is 28.1. The number of sulfonamides is 1. The molecule has 0 spiro atoms. The number of nitrogens with one attached hydrogen (secondary N) is 3. The van der Waals surface area contributed by atoms with Crippen molar-refractivity contribution in [3.8, 4) is 0 Å². The maximum atomic E-state index is 13.3. The highest BCUT2D eigenvalue weighted by molar-refractivity contribution is 7.89. The van der Waals surface area contributed by atoms with Crippen LogP contribution in [0.1, 0.15) is 23.5 Å². The second kappa shape index (κ2) is 6.91. The van der Waals surface area contributed by atoms with Crippen molar-refractivity contribution >= 4 is 33.3 Å². The normalized spacial score (nSPS) is 19.7. The number of fused-ring (bicyclic) bond motifs is 1. The van der Waals surface area contributed by atoms with Gasteiger partial charge in [0.15, 0.2) is 0 Å². The van der Waals surface area contributed by atoms with E-state index in [-0.39, 0.29) is 10.8 Å². The number of benzene rings is 1. The van der Waals surface area contributed by atoms with Gasteiger partial charge in [0.1, 0.15) is 5.82 Å². The fourth-order valence-corrected chi connectivity index (χ4v) is 5.15. The summed E-state index contributed by atoms with van der Waals surface area (Å²) in [5.74, 6) is 0.399. The molecule has 142 valence electrons. The first-order valence-electron chi connectivity index (χ1n) is 8.86. The predicted molar refractivity (Wildman–Crippen MR) is 103 cm³/mol. The average Bonchev–Trinajstić information content (AvgIpc) is 3.05. The highest BCUT2D eigenvalue weighted by Crippen LogP contribution is 2.38. The highest BCUT2D eigenvalue weighted by atomic mass is 32.2. The molecule has 3 N–H and O–H groups in total. The van der Waals surface area contributed by atoms with Crippen LogP contribution in [-0.4, -0.2) is 54.8 Å². The Hall–Kier alpha value is -2.49. The summed E-state index contributed by atoms with van der Waals surface area (Å²) in [5.41, 5.74) is 1.90. The minimum absolute atomic E-state index is 0.155. The number of carbonyl (C=O) groups is 1. The van der Waals surface area contributed by atoms with Crippen LogP contribution in [0.25, 0.3) is 11.6 Å². The molecule has 9 heteroatoms. The average molecular weight is 387 g/mol. The van der Waals surface area contributed by atoms with Gasteiger partial charge in [-0.2, -0.15) is 4.31 Å². The van der Waals surface area contributed by atoms with Crippen LogP contribution in [0.2, 0.25) is 0 Å². The summed E-state index contributed by atoms with van der Waals surface area (Å²) >= 11 is 0. The van der Waals surface area contributed by atoms with Gasteiger partial charge in [-0.25, -0.2) is 13.4 Å². The molecule has 2 aliphatic rings. The highest BCUT2D eigenvalue weighted by Gasteiger charge is 2.34. The van der Waals surface area contributed by atoms with Gasteiger partial charge in [0.05, 0.1) is 28.0 Å². The van der Waals surface area contributed by atoms with Crippen molar-refractivity contribution in [1.29, 1.82) is 0 Å². The fourth-order valence-electron chi connectivity index (χ4n) is 3.44. The molecule has 0 aliphatic carbocycles. The number of nitrogens with zero attached hydrogens (tertiary/aromatic N) is 2. The molecule has 1 aromatic heterocycles. The maximum Gasteiger partial charge on any atom is 0.256 e. The van der Waals surface area contributed by atoms with Gasteiger partial charge in [-0.1, -0.05) is 6.07 Å². The first kappa shape index (κ1) is 17.9. The van der Waals surface area contributed by atoms with Crippen molar-refractivity contribution in [2.24, 2.45) is 0 Å². The molecule has 1 saturated heterocycles. The first-order valence-corrected chi connectivity index (χ1v) is 10.3. The lowest BCUT2D eigenvalue weighted by Crippen LogP contribution is -2.34. The van der Waals surface area contributed by atoms with E-state index in [4.69, 9.17) is 0 Å². The number of imidazole rings is 1. The number of carbonyl (C=O) groups excluding carboxylic acids is 1. The molecule has 0 saturated carbocycles. The summed E-state index contributed by atoms with van der Waals surface area (Å²) in [6, 6.07) is 4.94. The molecule has 2 aliphatic heterocycles. The summed E-state index contributed by atoms with van der Waals surface area (Å²) in [4.78, 5) is 19.9. The van der Waals surface area contributed by atoms with E-state index in [2.05, 4.69) is 20.6 Å². The largest absolute Gasteiger partial charge is 0.343 e. The van der Waals surface area contributed by atoms with E-state index in [1.807, 2.05) is 6.92 Å².